The second-order valence-corrected chi connectivity index (χ2v) is 6.22. The normalized spacial score (nSPS) is 15.1. The zero-order chi connectivity index (χ0) is 15.6. The van der Waals surface area contributed by atoms with Gasteiger partial charge in [-0.2, -0.15) is 0 Å². The molecule has 0 saturated carbocycles. The minimum atomic E-state index is -0.547. The van der Waals surface area contributed by atoms with Crippen molar-refractivity contribution in [3.8, 4) is 0 Å². The molecule has 0 aliphatic carbocycles. The molecule has 0 N–H and O–H groups in total. The zero-order valence-corrected chi connectivity index (χ0v) is 12.6. The van der Waals surface area contributed by atoms with E-state index in [2.05, 4.69) is 0 Å². The lowest BCUT2D eigenvalue weighted by atomic mass is 10.0. The molecule has 1 aromatic carbocycles. The third kappa shape index (κ3) is 3.93. The van der Waals surface area contributed by atoms with Crippen molar-refractivity contribution >= 4 is 11.8 Å². The maximum Gasteiger partial charge on any atom is 0.410 e. The van der Waals surface area contributed by atoms with Gasteiger partial charge in [0, 0.05) is 25.2 Å². The highest BCUT2D eigenvalue weighted by Gasteiger charge is 2.25. The number of amides is 1. The molecule has 114 valence electrons. The number of nitrogens with zero attached hydrogens (tertiary/aromatic N) is 2. The van der Waals surface area contributed by atoms with Gasteiger partial charge >= 0.3 is 6.09 Å². The molecule has 0 atom stereocenters. The number of hydrogen-bond donors (Lipinski definition) is 0. The van der Waals surface area contributed by atoms with E-state index in [1.54, 1.807) is 17.0 Å². The molecular weight excluding hydrogens is 272 g/mol. The number of carbonyl (C=O) groups is 1. The summed E-state index contributed by atoms with van der Waals surface area (Å²) in [4.78, 5) is 24.2. The monoisotopic (exact) mass is 292 g/mol. The average Bonchev–Trinajstić information content (AvgIpc) is 2.57. The van der Waals surface area contributed by atoms with E-state index in [4.69, 9.17) is 4.74 Å². The number of rotatable bonds is 1. The first-order valence-corrected chi connectivity index (χ1v) is 7.00. The Labute approximate surface area is 123 Å². The molecule has 0 fully saturated rings. The fourth-order valence-electron chi connectivity index (χ4n) is 2.34. The fraction of sp³-hybridized carbons (Fsp3) is 0.533. The molecule has 6 heteroatoms. The van der Waals surface area contributed by atoms with Gasteiger partial charge in [0.25, 0.3) is 5.69 Å². The lowest BCUT2D eigenvalue weighted by Gasteiger charge is -2.26. The van der Waals surface area contributed by atoms with Gasteiger partial charge < -0.3 is 9.64 Å². The summed E-state index contributed by atoms with van der Waals surface area (Å²) in [5.74, 6) is 0. The van der Waals surface area contributed by atoms with Crippen molar-refractivity contribution in [1.82, 2.24) is 4.90 Å². The van der Waals surface area contributed by atoms with Crippen LogP contribution in [0.1, 0.15) is 38.3 Å². The number of ether oxygens (including phenoxy) is 1. The molecule has 0 saturated heterocycles. The molecule has 0 radical (unpaired) electrons. The third-order valence-corrected chi connectivity index (χ3v) is 3.29. The third-order valence-electron chi connectivity index (χ3n) is 3.29. The smallest absolute Gasteiger partial charge is 0.410 e. The van der Waals surface area contributed by atoms with Gasteiger partial charge in [0.2, 0.25) is 0 Å². The lowest BCUT2D eigenvalue weighted by molar-refractivity contribution is -0.384. The minimum Gasteiger partial charge on any atom is -0.444 e. The summed E-state index contributed by atoms with van der Waals surface area (Å²) in [7, 11) is 0. The number of aryl methyl sites for hydroxylation is 1. The van der Waals surface area contributed by atoms with Crippen molar-refractivity contribution in [2.45, 2.75) is 45.8 Å². The van der Waals surface area contributed by atoms with Crippen LogP contribution in [0.3, 0.4) is 0 Å². The molecule has 1 aliphatic heterocycles. The molecule has 2 rings (SSSR count). The average molecular weight is 292 g/mol. The maximum absolute atomic E-state index is 12.2. The van der Waals surface area contributed by atoms with Gasteiger partial charge in [-0.3, -0.25) is 10.1 Å². The molecular formula is C15H20N2O4. The number of nitro groups is 1. The van der Waals surface area contributed by atoms with Crippen LogP contribution in [0.4, 0.5) is 10.5 Å². The highest BCUT2D eigenvalue weighted by Crippen LogP contribution is 2.24. The van der Waals surface area contributed by atoms with Crippen molar-refractivity contribution < 1.29 is 14.5 Å². The summed E-state index contributed by atoms with van der Waals surface area (Å²) in [5.41, 5.74) is 1.40. The zero-order valence-electron chi connectivity index (χ0n) is 12.6. The van der Waals surface area contributed by atoms with Crippen molar-refractivity contribution in [1.29, 1.82) is 0 Å². The van der Waals surface area contributed by atoms with Gasteiger partial charge in [0.05, 0.1) is 4.92 Å². The highest BCUT2D eigenvalue weighted by molar-refractivity contribution is 5.68. The topological polar surface area (TPSA) is 72.7 Å². The number of non-ortho nitro benzene ring substituents is 1. The van der Waals surface area contributed by atoms with Gasteiger partial charge in [-0.05, 0) is 44.7 Å². The highest BCUT2D eigenvalue weighted by atomic mass is 16.6. The van der Waals surface area contributed by atoms with Crippen molar-refractivity contribution in [2.24, 2.45) is 0 Å². The Bertz CT molecular complexity index is 563. The molecule has 1 heterocycles. The van der Waals surface area contributed by atoms with Crippen LogP contribution >= 0.6 is 0 Å². The van der Waals surface area contributed by atoms with Crippen LogP contribution < -0.4 is 0 Å². The molecule has 21 heavy (non-hydrogen) atoms. The van der Waals surface area contributed by atoms with Crippen LogP contribution in [-0.2, 0) is 17.7 Å². The first kappa shape index (κ1) is 15.3. The molecule has 0 aromatic heterocycles. The Morgan fingerprint density at radius 1 is 1.33 bits per heavy atom. The predicted molar refractivity (Wildman–Crippen MR) is 78.1 cm³/mol. The van der Waals surface area contributed by atoms with Gasteiger partial charge in [-0.1, -0.05) is 6.07 Å². The summed E-state index contributed by atoms with van der Waals surface area (Å²) < 4.78 is 5.38. The van der Waals surface area contributed by atoms with Gasteiger partial charge in [0.1, 0.15) is 5.60 Å². The Morgan fingerprint density at radius 2 is 2.05 bits per heavy atom. The number of carbonyl (C=O) groups excluding carboxylic acids is 1. The van der Waals surface area contributed by atoms with E-state index in [9.17, 15) is 14.9 Å². The van der Waals surface area contributed by atoms with Crippen LogP contribution in [0.15, 0.2) is 18.2 Å². The SMILES string of the molecule is CC(C)(C)OC(=O)N1CCCc2ccc([N+](=O)[O-])cc2C1. The lowest BCUT2D eigenvalue weighted by Crippen LogP contribution is -2.36. The molecule has 1 amide bonds. The Kier molecular flexibility index (Phi) is 4.16. The van der Waals surface area contributed by atoms with E-state index >= 15 is 0 Å². The van der Waals surface area contributed by atoms with Gasteiger partial charge in [-0.25, -0.2) is 4.79 Å². The van der Waals surface area contributed by atoms with Crippen LogP contribution in [0.2, 0.25) is 0 Å². The Balaban J connectivity index is 2.21. The van der Waals surface area contributed by atoms with E-state index in [0.29, 0.717) is 13.1 Å². The summed E-state index contributed by atoms with van der Waals surface area (Å²) in [6, 6.07) is 4.85. The Hall–Kier alpha value is -2.11. The maximum atomic E-state index is 12.2. The number of fused-ring (bicyclic) bond motifs is 1. The van der Waals surface area contributed by atoms with Crippen molar-refractivity contribution in [3.05, 3.63) is 39.4 Å². The molecule has 1 aliphatic rings. The van der Waals surface area contributed by atoms with Gasteiger partial charge in [-0.15, -0.1) is 0 Å². The molecule has 1 aromatic rings. The summed E-state index contributed by atoms with van der Waals surface area (Å²) in [6.07, 6.45) is 1.26. The van der Waals surface area contributed by atoms with Crippen LogP contribution in [0, 0.1) is 10.1 Å². The summed E-state index contributed by atoms with van der Waals surface area (Å²) >= 11 is 0. The van der Waals surface area contributed by atoms with E-state index in [-0.39, 0.29) is 11.8 Å². The second-order valence-electron chi connectivity index (χ2n) is 6.22. The summed E-state index contributed by atoms with van der Waals surface area (Å²) in [5, 5.41) is 10.9. The second kappa shape index (κ2) is 5.71. The first-order valence-electron chi connectivity index (χ1n) is 7.00. The fourth-order valence-corrected chi connectivity index (χ4v) is 2.34. The predicted octanol–water partition coefficient (Wildman–Crippen LogP) is 3.28. The van der Waals surface area contributed by atoms with Gasteiger partial charge in [0.15, 0.2) is 0 Å². The minimum absolute atomic E-state index is 0.0554. The van der Waals surface area contributed by atoms with Crippen molar-refractivity contribution in [2.75, 3.05) is 6.54 Å². The first-order chi connectivity index (χ1) is 9.76. The van der Waals surface area contributed by atoms with Crippen LogP contribution in [0.25, 0.3) is 0 Å². The summed E-state index contributed by atoms with van der Waals surface area (Å²) in [6.45, 7) is 6.41. The Morgan fingerprint density at radius 3 is 2.67 bits per heavy atom. The van der Waals surface area contributed by atoms with E-state index in [1.165, 1.54) is 6.07 Å². The van der Waals surface area contributed by atoms with Crippen molar-refractivity contribution in [3.63, 3.8) is 0 Å². The van der Waals surface area contributed by atoms with E-state index < -0.39 is 10.5 Å². The largest absolute Gasteiger partial charge is 0.444 e. The number of nitro benzene ring substituents is 1. The number of benzene rings is 1. The van der Waals surface area contributed by atoms with E-state index in [0.717, 1.165) is 24.0 Å². The molecule has 6 nitrogen and oxygen atoms in total. The standard InChI is InChI=1S/C15H20N2O4/c1-15(2,3)21-14(18)16-8-4-5-11-6-7-13(17(19)20)9-12(11)10-16/h6-7,9H,4-5,8,10H2,1-3H3. The molecule has 0 spiro atoms. The molecule has 0 bridgehead atoms. The number of hydrogen-bond acceptors (Lipinski definition) is 4. The van der Waals surface area contributed by atoms with Crippen LogP contribution in [-0.4, -0.2) is 28.1 Å². The molecule has 0 unspecified atom stereocenters. The van der Waals surface area contributed by atoms with Crippen LogP contribution in [0.5, 0.6) is 0 Å². The quantitative estimate of drug-likeness (QED) is 0.588. The van der Waals surface area contributed by atoms with E-state index in [1.807, 2.05) is 20.8 Å².